The molecule has 0 saturated carbocycles. The van der Waals surface area contributed by atoms with Gasteiger partial charge >= 0.3 is 17.9 Å². The SMILES string of the molecule is C/C=C\C(=C/C)P(=O)(OCC)C(=O)c1c(C)cc(CSCC(=O)OCC(CC)(COC(=O)CS)COC(=O)CSCc2cc(C)c(C(=O)P(=O)(OCC)C(/C=C\C)=C/C)c(C)c2)cc1C.CC. The summed E-state index contributed by atoms with van der Waals surface area (Å²) in [4.78, 5) is 65.7. The fourth-order valence-electron chi connectivity index (χ4n) is 6.94. The van der Waals surface area contributed by atoms with Gasteiger partial charge in [0.05, 0.1) is 35.9 Å². The van der Waals surface area contributed by atoms with Crippen LogP contribution in [0.15, 0.2) is 71.3 Å². The monoisotopic (exact) mass is 1020 g/mol. The molecule has 0 bridgehead atoms. The predicted octanol–water partition coefficient (Wildman–Crippen LogP) is 12.9. The van der Waals surface area contributed by atoms with Crippen molar-refractivity contribution < 1.29 is 56.4 Å². The number of thioether (sulfide) groups is 2. The Bertz CT molecular complexity index is 2060. The van der Waals surface area contributed by atoms with Crippen molar-refractivity contribution in [1.29, 1.82) is 0 Å². The molecule has 2 aromatic carbocycles. The van der Waals surface area contributed by atoms with E-state index < -0.39 is 49.1 Å². The summed E-state index contributed by atoms with van der Waals surface area (Å²) >= 11 is 6.61. The molecule has 0 saturated heterocycles. The first kappa shape index (κ1) is 61.6. The number of hydrogen-bond acceptors (Lipinski definition) is 15. The van der Waals surface area contributed by atoms with E-state index in [4.69, 9.17) is 23.3 Å². The van der Waals surface area contributed by atoms with Crippen molar-refractivity contribution in [2.45, 2.75) is 108 Å². The third-order valence-corrected chi connectivity index (χ3v) is 17.3. The summed E-state index contributed by atoms with van der Waals surface area (Å²) in [5, 5.41) is 0.671. The molecule has 0 fully saturated rings. The number of carbonyl (C=O) groups is 5. The Balaban J connectivity index is 0.0000111. The topological polar surface area (TPSA) is 166 Å². The maximum Gasteiger partial charge on any atom is 0.315 e. The van der Waals surface area contributed by atoms with E-state index in [0.29, 0.717) is 61.9 Å². The van der Waals surface area contributed by atoms with E-state index in [1.54, 1.807) is 106 Å². The highest BCUT2D eigenvalue weighted by Crippen LogP contribution is 2.59. The van der Waals surface area contributed by atoms with Crippen molar-refractivity contribution in [2.75, 3.05) is 50.3 Å². The molecule has 17 heteroatoms. The van der Waals surface area contributed by atoms with Crippen LogP contribution in [0.3, 0.4) is 0 Å². The van der Waals surface area contributed by atoms with Crippen molar-refractivity contribution in [1.82, 2.24) is 0 Å². The number of esters is 3. The first-order valence-corrected chi connectivity index (χ1v) is 28.6. The van der Waals surface area contributed by atoms with E-state index in [9.17, 15) is 33.1 Å². The molecule has 12 nitrogen and oxygen atoms in total. The van der Waals surface area contributed by atoms with Gasteiger partial charge in [0.2, 0.25) is 0 Å². The zero-order valence-electron chi connectivity index (χ0n) is 41.6. The summed E-state index contributed by atoms with van der Waals surface area (Å²) in [6.45, 7) is 23.0. The summed E-state index contributed by atoms with van der Waals surface area (Å²) in [7, 11) is -7.71. The van der Waals surface area contributed by atoms with Crippen LogP contribution >= 0.6 is 50.9 Å². The Morgan fingerprint density at radius 1 is 0.597 bits per heavy atom. The molecule has 0 radical (unpaired) electrons. The quantitative estimate of drug-likeness (QED) is 0.0281. The number of benzene rings is 2. The van der Waals surface area contributed by atoms with Crippen LogP contribution in [-0.4, -0.2) is 79.2 Å². The van der Waals surface area contributed by atoms with Crippen molar-refractivity contribution in [3.8, 4) is 0 Å². The highest BCUT2D eigenvalue weighted by molar-refractivity contribution is 7.99. The number of allylic oxidation sites excluding steroid dienone is 8. The van der Waals surface area contributed by atoms with E-state index >= 15 is 0 Å². The molecule has 67 heavy (non-hydrogen) atoms. The number of ether oxygens (including phenoxy) is 3. The Morgan fingerprint density at radius 3 is 1.19 bits per heavy atom. The van der Waals surface area contributed by atoms with Crippen molar-refractivity contribution in [3.63, 3.8) is 0 Å². The van der Waals surface area contributed by atoms with E-state index in [-0.39, 0.29) is 50.3 Å². The molecule has 0 spiro atoms. The van der Waals surface area contributed by atoms with Gasteiger partial charge < -0.3 is 23.3 Å². The molecule has 2 unspecified atom stereocenters. The minimum absolute atomic E-state index is 0.00802. The molecule has 0 heterocycles. The Kier molecular flexibility index (Phi) is 28.4. The van der Waals surface area contributed by atoms with E-state index in [1.165, 1.54) is 23.5 Å². The largest absolute Gasteiger partial charge is 0.464 e. The van der Waals surface area contributed by atoms with Gasteiger partial charge in [0.25, 0.3) is 25.8 Å². The molecular weight excluding hydrogens is 951 g/mol. The lowest BCUT2D eigenvalue weighted by molar-refractivity contribution is -0.158. The zero-order chi connectivity index (χ0) is 51.0. The minimum atomic E-state index is -3.86. The standard InChI is InChI=1S/C48H66O12P2S3.C2H6/c1-12-19-39(14-3)61(54,59-17-6)46(52)44-33(8)21-37(22-34(44)9)26-64-28-42(50)57-31-48(16-5,30-56-41(49)25-63)32-58-43(51)29-65-27-38-23-35(10)45(36(11)24-38)47(53)62(55,60-18-7)40(15-4)20-13-2;1-2/h12-15,19-24,63H,16-18,25-32H2,1-11H3;1-2H3/b19-12-,20-13-,39-14+,40-15+;. The summed E-state index contributed by atoms with van der Waals surface area (Å²) in [5.74, 6) is -0.943. The second-order valence-electron chi connectivity index (χ2n) is 15.2. The number of thiol groups is 1. The molecule has 0 N–H and O–H groups in total. The van der Waals surface area contributed by atoms with Crippen molar-refractivity contribution in [2.24, 2.45) is 5.41 Å². The van der Waals surface area contributed by atoms with Gasteiger partial charge in [-0.05, 0) is 109 Å². The fourth-order valence-corrected chi connectivity index (χ4v) is 12.9. The van der Waals surface area contributed by atoms with Crippen molar-refractivity contribution >= 4 is 79.8 Å². The molecule has 0 aliphatic carbocycles. The normalized spacial score (nSPS) is 14.7. The average molecular weight is 1020 g/mol. The molecule has 0 aromatic heterocycles. The van der Waals surface area contributed by atoms with Crippen LogP contribution in [0, 0.1) is 33.1 Å². The molecule has 0 amide bonds. The van der Waals surface area contributed by atoms with E-state index in [0.717, 1.165) is 11.1 Å². The summed E-state index contributed by atoms with van der Waals surface area (Å²) in [5.41, 5.74) is 2.82. The fraction of sp³-hybridized carbons (Fsp3) is 0.500. The van der Waals surface area contributed by atoms with Crippen LogP contribution in [0.4, 0.5) is 0 Å². The average Bonchev–Trinajstić information content (AvgIpc) is 3.29. The number of rotatable bonds is 28. The molecule has 372 valence electrons. The molecule has 2 atom stereocenters. The van der Waals surface area contributed by atoms with Crippen molar-refractivity contribution in [3.05, 3.63) is 116 Å². The molecule has 2 aromatic rings. The van der Waals surface area contributed by atoms with Crippen LogP contribution in [0.5, 0.6) is 0 Å². The van der Waals surface area contributed by atoms with Gasteiger partial charge in [-0.2, -0.15) is 12.6 Å². The van der Waals surface area contributed by atoms with Crippen LogP contribution in [0.1, 0.15) is 123 Å². The zero-order valence-corrected chi connectivity index (χ0v) is 45.9. The van der Waals surface area contributed by atoms with Gasteiger partial charge in [-0.1, -0.05) is 81.5 Å². The van der Waals surface area contributed by atoms with E-state index in [1.807, 2.05) is 45.0 Å². The predicted molar refractivity (Wildman–Crippen MR) is 279 cm³/mol. The Hall–Kier alpha value is -3.42. The lowest BCUT2D eigenvalue weighted by Gasteiger charge is -2.31. The Morgan fingerprint density at radius 2 is 0.925 bits per heavy atom. The third-order valence-electron chi connectivity index (χ3n) is 10.2. The number of hydrogen-bond donors (Lipinski definition) is 1. The molecule has 2 rings (SSSR count). The lowest BCUT2D eigenvalue weighted by Crippen LogP contribution is -2.39. The first-order chi connectivity index (χ1) is 31.8. The summed E-state index contributed by atoms with van der Waals surface area (Å²) < 4.78 is 55.9. The van der Waals surface area contributed by atoms with Gasteiger partial charge in [-0.15, -0.1) is 23.5 Å². The minimum Gasteiger partial charge on any atom is -0.464 e. The van der Waals surface area contributed by atoms with Gasteiger partial charge in [-0.3, -0.25) is 33.1 Å². The van der Waals surface area contributed by atoms with Gasteiger partial charge in [0.1, 0.15) is 19.8 Å². The molecule has 0 aliphatic heterocycles. The highest BCUT2D eigenvalue weighted by atomic mass is 32.2. The van der Waals surface area contributed by atoms with Crippen LogP contribution in [0.25, 0.3) is 0 Å². The highest BCUT2D eigenvalue weighted by Gasteiger charge is 2.40. The first-order valence-electron chi connectivity index (χ1n) is 22.4. The third kappa shape index (κ3) is 17.8. The van der Waals surface area contributed by atoms with Gasteiger partial charge in [-0.25, -0.2) is 0 Å². The van der Waals surface area contributed by atoms with Gasteiger partial charge in [0.15, 0.2) is 0 Å². The van der Waals surface area contributed by atoms with Crippen LogP contribution in [0.2, 0.25) is 0 Å². The maximum atomic E-state index is 14.0. The second kappa shape index (κ2) is 30.9. The van der Waals surface area contributed by atoms with Crippen LogP contribution < -0.4 is 0 Å². The molecule has 0 aliphatic rings. The number of carbonyl (C=O) groups excluding carboxylic acids is 5. The summed E-state index contributed by atoms with van der Waals surface area (Å²) in [6.07, 6.45) is 10.3. The number of aryl methyl sites for hydroxylation is 4. The van der Waals surface area contributed by atoms with Gasteiger partial charge in [0, 0.05) is 33.3 Å². The molecular formula is C50H72O12P2S3. The smallest absolute Gasteiger partial charge is 0.315 e. The second-order valence-corrected chi connectivity index (χ2v) is 22.0. The summed E-state index contributed by atoms with van der Waals surface area (Å²) in [6, 6.07) is 7.34. The van der Waals surface area contributed by atoms with Crippen LogP contribution in [-0.2, 0) is 58.3 Å². The lowest BCUT2D eigenvalue weighted by atomic mass is 9.88. The maximum absolute atomic E-state index is 14.0. The Labute approximate surface area is 413 Å². The van der Waals surface area contributed by atoms with E-state index in [2.05, 4.69) is 12.6 Å².